The lowest BCUT2D eigenvalue weighted by Gasteiger charge is -2.34. The van der Waals surface area contributed by atoms with Gasteiger partial charge in [-0.25, -0.2) is 4.98 Å². The first-order valence-corrected chi connectivity index (χ1v) is 11.4. The third-order valence-corrected chi connectivity index (χ3v) is 7.29. The molecule has 5 nitrogen and oxygen atoms in total. The lowest BCUT2D eigenvalue weighted by molar-refractivity contribution is -0.130. The van der Waals surface area contributed by atoms with Crippen molar-refractivity contribution in [2.75, 3.05) is 38.2 Å². The highest BCUT2D eigenvalue weighted by molar-refractivity contribution is 7.22. The summed E-state index contributed by atoms with van der Waals surface area (Å²) in [5.41, 5.74) is 3.24. The number of anilines is 1. The number of fused-ring (bicyclic) bond motifs is 2. The zero-order valence-electron chi connectivity index (χ0n) is 17.8. The summed E-state index contributed by atoms with van der Waals surface area (Å²) < 4.78 is 6.66. The minimum atomic E-state index is 0.192. The Hall–Kier alpha value is -3.12. The highest BCUT2D eigenvalue weighted by atomic mass is 32.1. The summed E-state index contributed by atoms with van der Waals surface area (Å²) in [6.07, 6.45) is 0.443. The van der Waals surface area contributed by atoms with Crippen LogP contribution in [0.2, 0.25) is 0 Å². The molecule has 0 N–H and O–H groups in total. The predicted molar refractivity (Wildman–Crippen MR) is 127 cm³/mol. The highest BCUT2D eigenvalue weighted by Crippen LogP contribution is 2.36. The molecule has 0 saturated carbocycles. The molecule has 0 radical (unpaired) electrons. The molecule has 1 aromatic heterocycles. The largest absolute Gasteiger partial charge is 0.494 e. The number of hydrogen-bond donors (Lipinski definition) is 0. The van der Waals surface area contributed by atoms with Crippen LogP contribution in [0.3, 0.4) is 0 Å². The molecule has 4 aromatic rings. The van der Waals surface area contributed by atoms with Crippen LogP contribution in [0.1, 0.15) is 11.1 Å². The molecule has 2 heterocycles. The number of piperazine rings is 1. The minimum Gasteiger partial charge on any atom is -0.494 e. The Morgan fingerprint density at radius 1 is 1.03 bits per heavy atom. The Kier molecular flexibility index (Phi) is 5.24. The molecule has 0 atom stereocenters. The van der Waals surface area contributed by atoms with E-state index >= 15 is 0 Å². The van der Waals surface area contributed by atoms with Crippen molar-refractivity contribution in [3.05, 3.63) is 65.7 Å². The van der Waals surface area contributed by atoms with Gasteiger partial charge in [0, 0.05) is 26.2 Å². The van der Waals surface area contributed by atoms with Crippen molar-refractivity contribution in [2.45, 2.75) is 13.3 Å². The number of benzene rings is 3. The van der Waals surface area contributed by atoms with Gasteiger partial charge in [0.2, 0.25) is 5.91 Å². The maximum atomic E-state index is 13.0. The van der Waals surface area contributed by atoms with Gasteiger partial charge in [0.25, 0.3) is 0 Å². The zero-order chi connectivity index (χ0) is 21.4. The molecule has 1 saturated heterocycles. The Labute approximate surface area is 185 Å². The van der Waals surface area contributed by atoms with E-state index in [1.54, 1.807) is 18.4 Å². The van der Waals surface area contributed by atoms with Gasteiger partial charge >= 0.3 is 0 Å². The number of carbonyl (C=O) groups excluding carboxylic acids is 1. The molecule has 6 heteroatoms. The lowest BCUT2D eigenvalue weighted by atomic mass is 10.0. The van der Waals surface area contributed by atoms with Crippen LogP contribution in [0.15, 0.2) is 54.6 Å². The molecule has 1 aliphatic heterocycles. The lowest BCUT2D eigenvalue weighted by Crippen LogP contribution is -2.49. The van der Waals surface area contributed by atoms with E-state index < -0.39 is 0 Å². The highest BCUT2D eigenvalue weighted by Gasteiger charge is 2.24. The van der Waals surface area contributed by atoms with Crippen LogP contribution in [0.5, 0.6) is 5.75 Å². The molecule has 0 aliphatic carbocycles. The monoisotopic (exact) mass is 431 g/mol. The summed E-state index contributed by atoms with van der Waals surface area (Å²) in [7, 11) is 1.68. The van der Waals surface area contributed by atoms with Gasteiger partial charge in [-0.3, -0.25) is 4.79 Å². The number of methoxy groups -OCH3 is 1. The number of aryl methyl sites for hydroxylation is 1. The molecule has 0 spiro atoms. The van der Waals surface area contributed by atoms with Crippen LogP contribution in [-0.2, 0) is 11.2 Å². The molecule has 0 unspecified atom stereocenters. The molecule has 158 valence electrons. The average Bonchev–Trinajstić information content (AvgIpc) is 3.26. The Bertz CT molecular complexity index is 1250. The van der Waals surface area contributed by atoms with Crippen molar-refractivity contribution in [1.82, 2.24) is 9.88 Å². The zero-order valence-corrected chi connectivity index (χ0v) is 18.6. The number of aromatic nitrogens is 1. The van der Waals surface area contributed by atoms with Crippen molar-refractivity contribution in [3.63, 3.8) is 0 Å². The van der Waals surface area contributed by atoms with Crippen molar-refractivity contribution in [2.24, 2.45) is 0 Å². The standard InChI is InChI=1S/C25H25N3O2S/c1-17-10-11-21(30-2)23-24(17)31-25(26-23)28-14-12-27(13-15-28)22(29)16-19-8-5-7-18-6-3-4-9-20(18)19/h3-11H,12-16H2,1-2H3. The van der Waals surface area contributed by atoms with Gasteiger partial charge in [0.05, 0.1) is 18.2 Å². The first kappa shape index (κ1) is 19.8. The second-order valence-corrected chi connectivity index (χ2v) is 8.92. The van der Waals surface area contributed by atoms with Gasteiger partial charge in [-0.05, 0) is 34.9 Å². The van der Waals surface area contributed by atoms with Gasteiger partial charge in [0.1, 0.15) is 11.3 Å². The Morgan fingerprint density at radius 3 is 2.61 bits per heavy atom. The molecule has 1 aliphatic rings. The van der Waals surface area contributed by atoms with E-state index in [9.17, 15) is 4.79 Å². The van der Waals surface area contributed by atoms with E-state index in [4.69, 9.17) is 9.72 Å². The normalized spacial score (nSPS) is 14.4. The number of nitrogens with zero attached hydrogens (tertiary/aromatic N) is 3. The summed E-state index contributed by atoms with van der Waals surface area (Å²) in [4.78, 5) is 22.1. The Morgan fingerprint density at radius 2 is 1.81 bits per heavy atom. The molecule has 5 rings (SSSR count). The molecule has 1 fully saturated rings. The SMILES string of the molecule is COc1ccc(C)c2sc(N3CCN(C(=O)Cc4cccc5ccccc45)CC3)nc12. The second kappa shape index (κ2) is 8.19. The summed E-state index contributed by atoms with van der Waals surface area (Å²) in [5, 5.41) is 3.35. The van der Waals surface area contributed by atoms with E-state index in [2.05, 4.69) is 42.2 Å². The number of ether oxygens (including phenoxy) is 1. The molecular weight excluding hydrogens is 406 g/mol. The number of hydrogen-bond acceptors (Lipinski definition) is 5. The van der Waals surface area contributed by atoms with Gasteiger partial charge in [0.15, 0.2) is 5.13 Å². The van der Waals surface area contributed by atoms with Crippen LogP contribution >= 0.6 is 11.3 Å². The predicted octanol–water partition coefficient (Wildman–Crippen LogP) is 4.66. The topological polar surface area (TPSA) is 45.7 Å². The molecule has 31 heavy (non-hydrogen) atoms. The molecule has 1 amide bonds. The third-order valence-electron chi connectivity index (χ3n) is 6.04. The van der Waals surface area contributed by atoms with Crippen molar-refractivity contribution >= 4 is 43.4 Å². The summed E-state index contributed by atoms with van der Waals surface area (Å²) in [6, 6.07) is 18.5. The van der Waals surface area contributed by atoms with Gasteiger partial charge in [-0.15, -0.1) is 0 Å². The number of rotatable bonds is 4. The van der Waals surface area contributed by atoms with Gasteiger partial charge < -0.3 is 14.5 Å². The van der Waals surface area contributed by atoms with Crippen LogP contribution < -0.4 is 9.64 Å². The number of amides is 1. The van der Waals surface area contributed by atoms with Crippen LogP contribution in [0, 0.1) is 6.92 Å². The van der Waals surface area contributed by atoms with E-state index in [0.29, 0.717) is 6.42 Å². The Balaban J connectivity index is 1.29. The molecule has 3 aromatic carbocycles. The first-order chi connectivity index (χ1) is 15.1. The van der Waals surface area contributed by atoms with Crippen molar-refractivity contribution < 1.29 is 9.53 Å². The quantitative estimate of drug-likeness (QED) is 0.472. The van der Waals surface area contributed by atoms with E-state index in [0.717, 1.165) is 53.5 Å². The second-order valence-electron chi connectivity index (χ2n) is 7.94. The van der Waals surface area contributed by atoms with Crippen LogP contribution in [0.4, 0.5) is 5.13 Å². The third kappa shape index (κ3) is 3.72. The summed E-state index contributed by atoms with van der Waals surface area (Å²) >= 11 is 1.70. The minimum absolute atomic E-state index is 0.192. The van der Waals surface area contributed by atoms with Gasteiger partial charge in [-0.1, -0.05) is 59.9 Å². The molecular formula is C25H25N3O2S. The van der Waals surface area contributed by atoms with Crippen LogP contribution in [-0.4, -0.2) is 49.1 Å². The van der Waals surface area contributed by atoms with Crippen molar-refractivity contribution in [3.8, 4) is 5.75 Å². The molecule has 0 bridgehead atoms. The average molecular weight is 432 g/mol. The number of carbonyl (C=O) groups is 1. The summed E-state index contributed by atoms with van der Waals surface area (Å²) in [6.45, 7) is 5.13. The maximum Gasteiger partial charge on any atom is 0.227 e. The van der Waals surface area contributed by atoms with E-state index in [-0.39, 0.29) is 5.91 Å². The fourth-order valence-electron chi connectivity index (χ4n) is 4.27. The van der Waals surface area contributed by atoms with Crippen molar-refractivity contribution in [1.29, 1.82) is 0 Å². The van der Waals surface area contributed by atoms with Crippen LogP contribution in [0.25, 0.3) is 21.0 Å². The fourth-order valence-corrected chi connectivity index (χ4v) is 5.37. The smallest absolute Gasteiger partial charge is 0.227 e. The van der Waals surface area contributed by atoms with E-state index in [1.807, 2.05) is 29.2 Å². The van der Waals surface area contributed by atoms with E-state index in [1.165, 1.54) is 15.6 Å². The van der Waals surface area contributed by atoms with Gasteiger partial charge in [-0.2, -0.15) is 0 Å². The first-order valence-electron chi connectivity index (χ1n) is 10.6. The number of thiazole rings is 1. The fraction of sp³-hybridized carbons (Fsp3) is 0.280. The summed E-state index contributed by atoms with van der Waals surface area (Å²) in [5.74, 6) is 1.00. The maximum absolute atomic E-state index is 13.0.